The van der Waals surface area contributed by atoms with Crippen molar-refractivity contribution in [3.8, 4) is 0 Å². The number of rotatable bonds is 8. The van der Waals surface area contributed by atoms with Crippen LogP contribution in [-0.4, -0.2) is 104 Å². The van der Waals surface area contributed by atoms with Crippen LogP contribution in [0.15, 0.2) is 78.9 Å². The van der Waals surface area contributed by atoms with Crippen molar-refractivity contribution >= 4 is 45.0 Å². The summed E-state index contributed by atoms with van der Waals surface area (Å²) in [4.78, 5) is 37.7. The average Bonchev–Trinajstić information content (AvgIpc) is 3.21. The SMILES string of the molecule is O=C(OCc1ccccc1)ON1CCC(S(=O)(=O)N2CCN(c3ccc(N4CCN(C(=O)NC5[C@@H]6CC7C[C@H]5CC(O)(C7)C6)c5ccccc54)cc3)CC2)CC1. The maximum atomic E-state index is 13.8. The van der Waals surface area contributed by atoms with Gasteiger partial charge in [-0.3, -0.25) is 4.90 Å². The van der Waals surface area contributed by atoms with Crippen LogP contribution in [0.4, 0.5) is 32.3 Å². The molecule has 2 amide bonds. The van der Waals surface area contributed by atoms with E-state index in [4.69, 9.17) is 9.57 Å². The molecule has 4 saturated carbocycles. The monoisotopic (exact) mass is 784 g/mol. The van der Waals surface area contributed by atoms with E-state index < -0.39 is 27.0 Å². The first-order valence-electron chi connectivity index (χ1n) is 20.3. The normalized spacial score (nSPS) is 28.2. The zero-order chi connectivity index (χ0) is 38.4. The molecule has 3 aliphatic heterocycles. The van der Waals surface area contributed by atoms with Gasteiger partial charge in [0.1, 0.15) is 6.61 Å². The van der Waals surface area contributed by atoms with E-state index in [0.717, 1.165) is 60.4 Å². The number of amides is 2. The van der Waals surface area contributed by atoms with Crippen molar-refractivity contribution in [3.63, 3.8) is 0 Å². The van der Waals surface area contributed by atoms with Gasteiger partial charge >= 0.3 is 12.2 Å². The molecule has 2 saturated heterocycles. The predicted octanol–water partition coefficient (Wildman–Crippen LogP) is 5.48. The van der Waals surface area contributed by atoms with Gasteiger partial charge in [-0.2, -0.15) is 4.31 Å². The summed E-state index contributed by atoms with van der Waals surface area (Å²) < 4.78 is 34.1. The lowest BCUT2D eigenvalue weighted by Crippen LogP contribution is -2.63. The number of piperidine rings is 1. The summed E-state index contributed by atoms with van der Waals surface area (Å²) >= 11 is 0. The van der Waals surface area contributed by atoms with Gasteiger partial charge in [0.25, 0.3) is 0 Å². The molecule has 0 radical (unpaired) electrons. The van der Waals surface area contributed by atoms with E-state index in [1.165, 1.54) is 5.06 Å². The van der Waals surface area contributed by atoms with Crippen molar-refractivity contribution in [2.75, 3.05) is 67.1 Å². The van der Waals surface area contributed by atoms with E-state index in [1.54, 1.807) is 4.31 Å². The second-order valence-electron chi connectivity index (χ2n) is 16.7. The van der Waals surface area contributed by atoms with Gasteiger partial charge in [0.15, 0.2) is 0 Å². The minimum atomic E-state index is -3.51. The molecule has 0 spiro atoms. The Labute approximate surface area is 329 Å². The summed E-state index contributed by atoms with van der Waals surface area (Å²) in [5.41, 5.74) is 4.29. The molecule has 3 heterocycles. The Kier molecular flexibility index (Phi) is 10.1. The molecule has 14 heteroatoms. The van der Waals surface area contributed by atoms with Gasteiger partial charge in [-0.05, 0) is 105 Å². The molecule has 0 aromatic heterocycles. The Morgan fingerprint density at radius 3 is 2.07 bits per heavy atom. The lowest BCUT2D eigenvalue weighted by molar-refractivity contribution is -0.138. The molecule has 10 rings (SSSR count). The third-order valence-electron chi connectivity index (χ3n) is 13.1. The van der Waals surface area contributed by atoms with Crippen molar-refractivity contribution in [2.45, 2.75) is 68.4 Å². The number of ether oxygens (including phenoxy) is 1. The van der Waals surface area contributed by atoms with Crippen LogP contribution in [0, 0.1) is 17.8 Å². The fourth-order valence-electron chi connectivity index (χ4n) is 10.6. The minimum Gasteiger partial charge on any atom is -0.428 e. The third-order valence-corrected chi connectivity index (χ3v) is 15.5. The predicted molar refractivity (Wildman–Crippen MR) is 213 cm³/mol. The number of piperazine rings is 1. The summed E-state index contributed by atoms with van der Waals surface area (Å²) in [6.45, 7) is 3.99. The molecule has 7 aliphatic rings. The Morgan fingerprint density at radius 2 is 1.39 bits per heavy atom. The molecule has 3 aromatic rings. The van der Waals surface area contributed by atoms with Gasteiger partial charge in [0, 0.05) is 69.8 Å². The highest BCUT2D eigenvalue weighted by Gasteiger charge is 2.55. The number of carbonyl (C=O) groups excluding carboxylic acids is 2. The zero-order valence-corrected chi connectivity index (χ0v) is 32.6. The molecule has 56 heavy (non-hydrogen) atoms. The molecule has 298 valence electrons. The number of hydrogen-bond donors (Lipinski definition) is 2. The fourth-order valence-corrected chi connectivity index (χ4v) is 12.5. The number of nitrogens with one attached hydrogen (secondary N) is 1. The minimum absolute atomic E-state index is 0.0470. The smallest absolute Gasteiger partial charge is 0.428 e. The molecular weight excluding hydrogens is 733 g/mol. The Balaban J connectivity index is 0.765. The second-order valence-corrected chi connectivity index (χ2v) is 18.9. The number of fused-ring (bicyclic) bond motifs is 1. The number of sulfonamides is 1. The number of anilines is 4. The van der Waals surface area contributed by atoms with E-state index in [0.29, 0.717) is 83.0 Å². The molecule has 13 nitrogen and oxygen atoms in total. The molecule has 3 unspecified atom stereocenters. The van der Waals surface area contributed by atoms with Crippen LogP contribution in [0.2, 0.25) is 0 Å². The van der Waals surface area contributed by atoms with Crippen molar-refractivity contribution in [1.82, 2.24) is 14.7 Å². The number of urea groups is 1. The van der Waals surface area contributed by atoms with Gasteiger partial charge in [0.05, 0.1) is 22.2 Å². The molecule has 3 aromatic carbocycles. The molecule has 4 bridgehead atoms. The first kappa shape index (κ1) is 37.2. The quantitative estimate of drug-likeness (QED) is 0.283. The van der Waals surface area contributed by atoms with Crippen molar-refractivity contribution in [3.05, 3.63) is 84.4 Å². The fraction of sp³-hybridized carbons (Fsp3) is 0.524. The van der Waals surface area contributed by atoms with Gasteiger partial charge in [-0.1, -0.05) is 42.5 Å². The summed E-state index contributed by atoms with van der Waals surface area (Å²) in [6, 6.07) is 25.9. The average molecular weight is 785 g/mol. The van der Waals surface area contributed by atoms with Gasteiger partial charge in [-0.25, -0.2) is 18.0 Å². The number of aliphatic hydroxyl groups is 1. The van der Waals surface area contributed by atoms with Crippen LogP contribution < -0.4 is 20.0 Å². The van der Waals surface area contributed by atoms with Crippen LogP contribution in [0.1, 0.15) is 50.5 Å². The highest BCUT2D eigenvalue weighted by Crippen LogP contribution is 2.55. The number of hydroxylamine groups is 2. The number of para-hydroxylation sites is 2. The summed E-state index contributed by atoms with van der Waals surface area (Å²) in [6.07, 6.45) is 4.70. The number of carbonyl (C=O) groups is 2. The molecule has 6 fully saturated rings. The van der Waals surface area contributed by atoms with Crippen LogP contribution in [0.3, 0.4) is 0 Å². The van der Waals surface area contributed by atoms with Crippen molar-refractivity contribution < 1.29 is 32.7 Å². The first-order valence-corrected chi connectivity index (χ1v) is 21.8. The second kappa shape index (κ2) is 15.2. The van der Waals surface area contributed by atoms with Crippen LogP contribution in [0.25, 0.3) is 0 Å². The molecule has 4 aliphatic carbocycles. The van der Waals surface area contributed by atoms with Gasteiger partial charge in [-0.15, -0.1) is 5.06 Å². The zero-order valence-electron chi connectivity index (χ0n) is 31.7. The topological polar surface area (TPSA) is 135 Å². The van der Waals surface area contributed by atoms with Gasteiger partial charge in [0.2, 0.25) is 10.0 Å². The highest BCUT2D eigenvalue weighted by molar-refractivity contribution is 7.89. The highest BCUT2D eigenvalue weighted by atomic mass is 32.2. The summed E-state index contributed by atoms with van der Waals surface area (Å²) in [5, 5.41) is 15.4. The number of hydrogen-bond acceptors (Lipinski definition) is 10. The summed E-state index contributed by atoms with van der Waals surface area (Å²) in [7, 11) is -3.51. The van der Waals surface area contributed by atoms with E-state index >= 15 is 0 Å². The Hall–Kier alpha value is -4.37. The maximum Gasteiger partial charge on any atom is 0.528 e. The third kappa shape index (κ3) is 7.44. The maximum absolute atomic E-state index is 13.8. The summed E-state index contributed by atoms with van der Waals surface area (Å²) in [5.74, 6) is 1.30. The van der Waals surface area contributed by atoms with Crippen LogP contribution in [-0.2, 0) is 26.2 Å². The van der Waals surface area contributed by atoms with Crippen molar-refractivity contribution in [2.24, 2.45) is 17.8 Å². The lowest BCUT2D eigenvalue weighted by atomic mass is 9.52. The van der Waals surface area contributed by atoms with E-state index in [9.17, 15) is 23.1 Å². The largest absolute Gasteiger partial charge is 0.528 e. The van der Waals surface area contributed by atoms with Crippen molar-refractivity contribution in [1.29, 1.82) is 0 Å². The molecular formula is C42H52N6O7S. The number of nitrogens with zero attached hydrogens (tertiary/aromatic N) is 5. The van der Waals surface area contributed by atoms with E-state index in [2.05, 4.69) is 45.4 Å². The van der Waals surface area contributed by atoms with E-state index in [-0.39, 0.29) is 18.7 Å². The first-order chi connectivity index (χ1) is 27.1. The standard InChI is InChI=1S/C42H52N6O7S/c49-40(43-39-32-24-31-25-33(39)28-42(51,26-31)27-32)48-23-22-47(37-8-4-5-9-38(37)48)35-12-10-34(11-13-35)44-18-20-46(21-19-44)56(52,53)36-14-16-45(17-15-36)55-41(50)54-29-30-6-2-1-3-7-30/h1-13,31-33,36,39,51H,14-29H2,(H,43,49)/t31?,32-,33+,39?,42?. The lowest BCUT2D eigenvalue weighted by Gasteiger charge is -2.58. The number of benzene rings is 3. The van der Waals surface area contributed by atoms with Gasteiger partial charge < -0.3 is 29.8 Å². The molecule has 5 atom stereocenters. The Bertz CT molecular complexity index is 1990. The van der Waals surface area contributed by atoms with Crippen LogP contribution >= 0.6 is 0 Å². The molecule has 2 N–H and O–H groups in total. The Morgan fingerprint density at radius 1 is 0.750 bits per heavy atom. The van der Waals surface area contributed by atoms with E-state index in [1.807, 2.05) is 53.4 Å². The van der Waals surface area contributed by atoms with Crippen LogP contribution in [0.5, 0.6) is 0 Å².